The first-order valence-electron chi connectivity index (χ1n) is 5.17. The summed E-state index contributed by atoms with van der Waals surface area (Å²) in [6, 6.07) is 7.53. The minimum Gasteiger partial charge on any atom is -0.478 e. The summed E-state index contributed by atoms with van der Waals surface area (Å²) < 4.78 is 0. The molecule has 0 saturated carbocycles. The molecule has 0 amide bonds. The molecule has 1 aromatic carbocycles. The third kappa shape index (κ3) is 1.96. The van der Waals surface area contributed by atoms with Crippen molar-refractivity contribution in [3.63, 3.8) is 0 Å². The third-order valence-electron chi connectivity index (χ3n) is 2.77. The third-order valence-corrected chi connectivity index (χ3v) is 2.77. The number of aliphatic carboxylic acids is 1. The lowest BCUT2D eigenvalue weighted by Gasteiger charge is -2.18. The van der Waals surface area contributed by atoms with Gasteiger partial charge in [0.05, 0.1) is 11.6 Å². The van der Waals surface area contributed by atoms with Crippen LogP contribution in [0.4, 0.5) is 0 Å². The summed E-state index contributed by atoms with van der Waals surface area (Å²) in [5.74, 6) is -0.910. The van der Waals surface area contributed by atoms with Gasteiger partial charge in [0, 0.05) is 6.08 Å². The molecule has 0 aromatic heterocycles. The number of carboxylic acids is 1. The maximum Gasteiger partial charge on any atom is 0.328 e. The Labute approximate surface area is 93.6 Å². The molecule has 0 fully saturated rings. The standard InChI is InChI=1S/C13H11NO2/c14-8-9-4-5-12-10(6-9)2-1-3-11(12)7-13(15)16/h4-7H,1-3H2,(H,15,16)/b11-7-. The fraction of sp³-hybridized carbons (Fsp3) is 0.231. The molecule has 0 heterocycles. The zero-order valence-corrected chi connectivity index (χ0v) is 8.73. The van der Waals surface area contributed by atoms with E-state index in [1.165, 1.54) is 6.08 Å². The monoisotopic (exact) mass is 213 g/mol. The number of allylic oxidation sites excluding steroid dienone is 1. The van der Waals surface area contributed by atoms with Gasteiger partial charge in [-0.15, -0.1) is 0 Å². The van der Waals surface area contributed by atoms with E-state index in [0.717, 1.165) is 36.0 Å². The Hall–Kier alpha value is -2.08. The van der Waals surface area contributed by atoms with Crippen molar-refractivity contribution < 1.29 is 9.90 Å². The van der Waals surface area contributed by atoms with Crippen LogP contribution in [0.2, 0.25) is 0 Å². The minimum atomic E-state index is -0.910. The lowest BCUT2D eigenvalue weighted by atomic mass is 9.86. The number of benzene rings is 1. The Morgan fingerprint density at radius 2 is 2.25 bits per heavy atom. The van der Waals surface area contributed by atoms with Gasteiger partial charge in [0.1, 0.15) is 0 Å². The van der Waals surface area contributed by atoms with Crippen LogP contribution < -0.4 is 0 Å². The van der Waals surface area contributed by atoms with Gasteiger partial charge in [0.2, 0.25) is 0 Å². The fourth-order valence-electron chi connectivity index (χ4n) is 2.09. The zero-order valence-electron chi connectivity index (χ0n) is 8.73. The molecule has 80 valence electrons. The van der Waals surface area contributed by atoms with E-state index in [9.17, 15) is 4.79 Å². The number of hydrogen-bond donors (Lipinski definition) is 1. The topological polar surface area (TPSA) is 61.1 Å². The molecule has 0 radical (unpaired) electrons. The van der Waals surface area contributed by atoms with Crippen LogP contribution >= 0.6 is 0 Å². The number of fused-ring (bicyclic) bond motifs is 1. The summed E-state index contributed by atoms with van der Waals surface area (Å²) in [7, 11) is 0. The van der Waals surface area contributed by atoms with Crippen molar-refractivity contribution in [3.8, 4) is 6.07 Å². The summed E-state index contributed by atoms with van der Waals surface area (Å²) in [6.45, 7) is 0. The smallest absolute Gasteiger partial charge is 0.328 e. The van der Waals surface area contributed by atoms with E-state index in [1.807, 2.05) is 12.1 Å². The molecule has 0 bridgehead atoms. The summed E-state index contributed by atoms with van der Waals surface area (Å²) in [5.41, 5.74) is 3.55. The molecular formula is C13H11NO2. The summed E-state index contributed by atoms with van der Waals surface area (Å²) >= 11 is 0. The first kappa shape index (κ1) is 10.4. The van der Waals surface area contributed by atoms with Crippen molar-refractivity contribution >= 4 is 11.5 Å². The van der Waals surface area contributed by atoms with Crippen LogP contribution in [0.5, 0.6) is 0 Å². The van der Waals surface area contributed by atoms with Crippen molar-refractivity contribution in [2.45, 2.75) is 19.3 Å². The quantitative estimate of drug-likeness (QED) is 0.728. The minimum absolute atomic E-state index is 0.635. The van der Waals surface area contributed by atoms with Crippen molar-refractivity contribution in [1.82, 2.24) is 0 Å². The van der Waals surface area contributed by atoms with Crippen molar-refractivity contribution in [2.75, 3.05) is 0 Å². The van der Waals surface area contributed by atoms with E-state index in [1.54, 1.807) is 6.07 Å². The van der Waals surface area contributed by atoms with Crippen LogP contribution in [0, 0.1) is 11.3 Å². The normalized spacial score (nSPS) is 16.6. The van der Waals surface area contributed by atoms with Gasteiger partial charge in [-0.25, -0.2) is 4.79 Å². The van der Waals surface area contributed by atoms with E-state index >= 15 is 0 Å². The molecule has 1 N–H and O–H groups in total. The number of rotatable bonds is 1. The van der Waals surface area contributed by atoms with Gasteiger partial charge < -0.3 is 5.11 Å². The van der Waals surface area contributed by atoms with E-state index in [-0.39, 0.29) is 0 Å². The molecule has 2 rings (SSSR count). The van der Waals surface area contributed by atoms with Crippen molar-refractivity contribution in [2.24, 2.45) is 0 Å². The molecule has 0 aliphatic heterocycles. The van der Waals surface area contributed by atoms with E-state index in [0.29, 0.717) is 5.56 Å². The Morgan fingerprint density at radius 1 is 1.44 bits per heavy atom. The fourth-order valence-corrected chi connectivity index (χ4v) is 2.09. The average molecular weight is 213 g/mol. The number of hydrogen-bond acceptors (Lipinski definition) is 2. The largest absolute Gasteiger partial charge is 0.478 e. The van der Waals surface area contributed by atoms with Crippen LogP contribution in [0.15, 0.2) is 24.3 Å². The van der Waals surface area contributed by atoms with Crippen molar-refractivity contribution in [3.05, 3.63) is 41.0 Å². The van der Waals surface area contributed by atoms with Crippen LogP contribution in [0.25, 0.3) is 5.57 Å². The molecule has 1 aliphatic rings. The van der Waals surface area contributed by atoms with Gasteiger partial charge in [0.15, 0.2) is 0 Å². The van der Waals surface area contributed by atoms with Gasteiger partial charge in [-0.1, -0.05) is 6.07 Å². The maximum atomic E-state index is 10.7. The Bertz CT molecular complexity index is 509. The predicted octanol–water partition coefficient (Wildman–Crippen LogP) is 2.36. The second-order valence-corrected chi connectivity index (χ2v) is 3.85. The molecule has 16 heavy (non-hydrogen) atoms. The molecule has 1 aliphatic carbocycles. The van der Waals surface area contributed by atoms with Gasteiger partial charge in [-0.05, 0) is 48.1 Å². The molecule has 3 heteroatoms. The van der Waals surface area contributed by atoms with Gasteiger partial charge in [-0.2, -0.15) is 5.26 Å². The van der Waals surface area contributed by atoms with Gasteiger partial charge in [0.25, 0.3) is 0 Å². The maximum absolute atomic E-state index is 10.7. The number of carbonyl (C=O) groups is 1. The van der Waals surface area contributed by atoms with E-state index < -0.39 is 5.97 Å². The van der Waals surface area contributed by atoms with E-state index in [2.05, 4.69) is 6.07 Å². The molecule has 0 spiro atoms. The van der Waals surface area contributed by atoms with Crippen LogP contribution in [0.3, 0.4) is 0 Å². The highest BCUT2D eigenvalue weighted by Gasteiger charge is 2.15. The first-order valence-corrected chi connectivity index (χ1v) is 5.17. The Balaban J connectivity index is 2.48. The predicted molar refractivity (Wildman–Crippen MR) is 59.7 cm³/mol. The van der Waals surface area contributed by atoms with Crippen LogP contribution in [-0.2, 0) is 11.2 Å². The van der Waals surface area contributed by atoms with Gasteiger partial charge >= 0.3 is 5.97 Å². The highest BCUT2D eigenvalue weighted by atomic mass is 16.4. The number of carboxylic acid groups (broad SMARTS) is 1. The lowest BCUT2D eigenvalue weighted by molar-refractivity contribution is -0.131. The summed E-state index contributed by atoms with van der Waals surface area (Å²) in [5, 5.41) is 17.6. The molecular weight excluding hydrogens is 202 g/mol. The first-order chi connectivity index (χ1) is 7.70. The highest BCUT2D eigenvalue weighted by molar-refractivity contribution is 5.91. The van der Waals surface area contributed by atoms with Crippen molar-refractivity contribution in [1.29, 1.82) is 5.26 Å². The Kier molecular flexibility index (Phi) is 2.74. The summed E-state index contributed by atoms with van der Waals surface area (Å²) in [6.07, 6.45) is 3.93. The number of aryl methyl sites for hydroxylation is 1. The summed E-state index contributed by atoms with van der Waals surface area (Å²) in [4.78, 5) is 10.7. The molecule has 0 saturated heterocycles. The Morgan fingerprint density at radius 3 is 2.94 bits per heavy atom. The second kappa shape index (κ2) is 4.19. The van der Waals surface area contributed by atoms with E-state index in [4.69, 9.17) is 10.4 Å². The molecule has 0 atom stereocenters. The second-order valence-electron chi connectivity index (χ2n) is 3.85. The SMILES string of the molecule is N#Cc1ccc2c(c1)CCC/C2=C/C(=O)O. The average Bonchev–Trinajstić information content (AvgIpc) is 2.28. The highest BCUT2D eigenvalue weighted by Crippen LogP contribution is 2.31. The number of nitrogens with zero attached hydrogens (tertiary/aromatic N) is 1. The molecule has 3 nitrogen and oxygen atoms in total. The van der Waals surface area contributed by atoms with Gasteiger partial charge in [-0.3, -0.25) is 0 Å². The van der Waals surface area contributed by atoms with Crippen LogP contribution in [0.1, 0.15) is 29.5 Å². The lowest BCUT2D eigenvalue weighted by Crippen LogP contribution is -2.04. The molecule has 0 unspecified atom stereocenters. The number of nitriles is 1. The zero-order chi connectivity index (χ0) is 11.5. The van der Waals surface area contributed by atoms with Crippen LogP contribution in [-0.4, -0.2) is 11.1 Å². The molecule has 1 aromatic rings.